The van der Waals surface area contributed by atoms with Crippen LogP contribution in [-0.4, -0.2) is 53.9 Å². The third-order valence-corrected chi connectivity index (χ3v) is 3.98. The molecule has 0 bridgehead atoms. The first-order valence-corrected chi connectivity index (χ1v) is 7.42. The normalized spacial score (nSPS) is 23.2. The minimum Gasteiger partial charge on any atom is -0.346 e. The van der Waals surface area contributed by atoms with Gasteiger partial charge in [0.25, 0.3) is 0 Å². The Hall–Kier alpha value is -2.28. The van der Waals surface area contributed by atoms with Crippen LogP contribution in [0.2, 0.25) is 0 Å². The number of rotatable bonds is 5. The Balaban J connectivity index is 2.01. The molecule has 0 saturated carbocycles. The number of nitrogens with one attached hydrogen (secondary N) is 1. The largest absolute Gasteiger partial charge is 0.346 e. The summed E-state index contributed by atoms with van der Waals surface area (Å²) in [5, 5.41) is 4.62. The summed E-state index contributed by atoms with van der Waals surface area (Å²) in [4.78, 5) is 25.2. The number of carbonyl (C=O) groups excluding carboxylic acids is 1. The molecular formula is C15H21N5O2. The van der Waals surface area contributed by atoms with Crippen molar-refractivity contribution in [1.82, 2.24) is 20.2 Å². The van der Waals surface area contributed by atoms with Gasteiger partial charge in [0.1, 0.15) is 18.2 Å². The second kappa shape index (κ2) is 5.84. The van der Waals surface area contributed by atoms with Crippen LogP contribution in [-0.2, 0) is 9.63 Å². The molecule has 0 radical (unpaired) electrons. The van der Waals surface area contributed by atoms with Gasteiger partial charge in [-0.2, -0.15) is 0 Å². The molecule has 3 aliphatic rings. The van der Waals surface area contributed by atoms with Crippen LogP contribution in [0.4, 0.5) is 0 Å². The molecule has 7 nitrogen and oxygen atoms in total. The van der Waals surface area contributed by atoms with Crippen LogP contribution in [0.3, 0.4) is 0 Å². The first-order chi connectivity index (χ1) is 10.7. The molecule has 1 atom stereocenters. The van der Waals surface area contributed by atoms with E-state index in [9.17, 15) is 4.79 Å². The van der Waals surface area contributed by atoms with Crippen LogP contribution < -0.4 is 5.32 Å². The fourth-order valence-electron chi connectivity index (χ4n) is 3.01. The molecule has 7 heteroatoms. The summed E-state index contributed by atoms with van der Waals surface area (Å²) in [6.07, 6.45) is 7.59. The van der Waals surface area contributed by atoms with Crippen molar-refractivity contribution < 1.29 is 9.63 Å². The maximum absolute atomic E-state index is 10.9. The average molecular weight is 303 g/mol. The number of hydrogen-bond donors (Lipinski definition) is 1. The van der Waals surface area contributed by atoms with Gasteiger partial charge in [0.05, 0.1) is 31.3 Å². The maximum atomic E-state index is 10.9. The number of nitrogens with zero attached hydrogens (tertiary/aromatic N) is 4. The van der Waals surface area contributed by atoms with Gasteiger partial charge in [0.15, 0.2) is 0 Å². The highest BCUT2D eigenvalue weighted by Crippen LogP contribution is 2.35. The Morgan fingerprint density at radius 2 is 2.32 bits per heavy atom. The molecule has 0 aromatic carbocycles. The lowest BCUT2D eigenvalue weighted by Gasteiger charge is -2.40. The number of hydrogen-bond acceptors (Lipinski definition) is 6. The Morgan fingerprint density at radius 3 is 3.00 bits per heavy atom. The zero-order valence-electron chi connectivity index (χ0n) is 13.1. The van der Waals surface area contributed by atoms with E-state index in [1.165, 1.54) is 0 Å². The quantitative estimate of drug-likeness (QED) is 0.767. The van der Waals surface area contributed by atoms with E-state index in [2.05, 4.69) is 33.2 Å². The first kappa shape index (κ1) is 14.6. The van der Waals surface area contributed by atoms with Crippen molar-refractivity contribution in [3.63, 3.8) is 0 Å². The lowest BCUT2D eigenvalue weighted by molar-refractivity contribution is -0.109. The van der Waals surface area contributed by atoms with E-state index in [1.807, 2.05) is 19.3 Å². The average Bonchev–Trinajstić information content (AvgIpc) is 2.94. The van der Waals surface area contributed by atoms with Crippen molar-refractivity contribution in [2.45, 2.75) is 26.3 Å². The number of aliphatic imine (C=N–C) groups is 1. The van der Waals surface area contributed by atoms with E-state index in [4.69, 9.17) is 4.84 Å². The SMILES string of the molecule is CCCN1C=C(C)C(NC=O)C2=C1N1CN(OC)C=C1C=N2. The molecule has 3 rings (SSSR count). The van der Waals surface area contributed by atoms with E-state index in [1.54, 1.807) is 12.2 Å². The topological polar surface area (TPSA) is 60.4 Å². The third kappa shape index (κ3) is 2.27. The van der Waals surface area contributed by atoms with E-state index in [0.29, 0.717) is 6.67 Å². The molecule has 3 heterocycles. The van der Waals surface area contributed by atoms with E-state index < -0.39 is 0 Å². The van der Waals surface area contributed by atoms with Gasteiger partial charge in [-0.25, -0.2) is 5.06 Å². The first-order valence-electron chi connectivity index (χ1n) is 7.42. The molecule has 1 amide bonds. The van der Waals surface area contributed by atoms with Gasteiger partial charge in [-0.05, 0) is 18.9 Å². The highest BCUT2D eigenvalue weighted by atomic mass is 16.7. The molecule has 0 saturated heterocycles. The Morgan fingerprint density at radius 1 is 1.50 bits per heavy atom. The van der Waals surface area contributed by atoms with E-state index in [0.717, 1.165) is 42.2 Å². The second-order valence-electron chi connectivity index (χ2n) is 5.47. The lowest BCUT2D eigenvalue weighted by Crippen LogP contribution is -2.44. The summed E-state index contributed by atoms with van der Waals surface area (Å²) in [7, 11) is 1.65. The highest BCUT2D eigenvalue weighted by molar-refractivity contribution is 5.81. The van der Waals surface area contributed by atoms with Crippen molar-refractivity contribution in [1.29, 1.82) is 0 Å². The Bertz CT molecular complexity index is 593. The summed E-state index contributed by atoms with van der Waals surface area (Å²) in [6.45, 7) is 5.67. The zero-order valence-corrected chi connectivity index (χ0v) is 13.1. The third-order valence-electron chi connectivity index (χ3n) is 3.98. The molecule has 3 aliphatic heterocycles. The zero-order chi connectivity index (χ0) is 15.7. The van der Waals surface area contributed by atoms with Gasteiger partial charge in [-0.3, -0.25) is 14.6 Å². The number of allylic oxidation sites excluding steroid dienone is 1. The second-order valence-corrected chi connectivity index (χ2v) is 5.47. The molecular weight excluding hydrogens is 282 g/mol. The van der Waals surface area contributed by atoms with E-state index >= 15 is 0 Å². The van der Waals surface area contributed by atoms with Crippen LogP contribution >= 0.6 is 0 Å². The van der Waals surface area contributed by atoms with Gasteiger partial charge >= 0.3 is 0 Å². The van der Waals surface area contributed by atoms with Crippen molar-refractivity contribution in [3.05, 3.63) is 35.2 Å². The van der Waals surface area contributed by atoms with Crippen LogP contribution in [0.1, 0.15) is 20.3 Å². The lowest BCUT2D eigenvalue weighted by atomic mass is 10.0. The predicted octanol–water partition coefficient (Wildman–Crippen LogP) is 0.962. The number of carbonyl (C=O) groups is 1. The standard InChI is InChI=1S/C15H21N5O2/c1-4-5-18-7-11(2)13(17-9-21)14-15(18)20-10-19(22-3)8-12(20)6-16-14/h6-9,13H,4-5,10H2,1-3H3,(H,17,21). The Labute approximate surface area is 130 Å². The van der Waals surface area contributed by atoms with Crippen molar-refractivity contribution in [2.24, 2.45) is 4.99 Å². The summed E-state index contributed by atoms with van der Waals surface area (Å²) >= 11 is 0. The van der Waals surface area contributed by atoms with Crippen molar-refractivity contribution in [3.8, 4) is 0 Å². The predicted molar refractivity (Wildman–Crippen MR) is 82.9 cm³/mol. The van der Waals surface area contributed by atoms with Gasteiger partial charge in [0, 0.05) is 12.7 Å². The fourth-order valence-corrected chi connectivity index (χ4v) is 3.01. The van der Waals surface area contributed by atoms with Crippen molar-refractivity contribution in [2.75, 3.05) is 20.3 Å². The Kier molecular flexibility index (Phi) is 3.89. The fraction of sp³-hybridized carbons (Fsp3) is 0.467. The van der Waals surface area contributed by atoms with Gasteiger partial charge in [0.2, 0.25) is 6.41 Å². The van der Waals surface area contributed by atoms with Crippen LogP contribution in [0.25, 0.3) is 0 Å². The van der Waals surface area contributed by atoms with Crippen molar-refractivity contribution >= 4 is 12.6 Å². The summed E-state index contributed by atoms with van der Waals surface area (Å²) < 4.78 is 0. The minimum absolute atomic E-state index is 0.185. The number of amides is 1. The molecule has 0 aromatic heterocycles. The molecule has 22 heavy (non-hydrogen) atoms. The molecule has 0 spiro atoms. The number of hydroxylamine groups is 2. The molecule has 0 aromatic rings. The monoisotopic (exact) mass is 303 g/mol. The summed E-state index contributed by atoms with van der Waals surface area (Å²) in [5.41, 5.74) is 2.93. The minimum atomic E-state index is -0.185. The molecule has 0 aliphatic carbocycles. The van der Waals surface area contributed by atoms with E-state index in [-0.39, 0.29) is 6.04 Å². The van der Waals surface area contributed by atoms with Gasteiger partial charge in [-0.1, -0.05) is 6.92 Å². The smallest absolute Gasteiger partial charge is 0.207 e. The molecule has 118 valence electrons. The molecule has 0 fully saturated rings. The highest BCUT2D eigenvalue weighted by Gasteiger charge is 2.36. The summed E-state index contributed by atoms with van der Waals surface area (Å²) in [6, 6.07) is -0.185. The summed E-state index contributed by atoms with van der Waals surface area (Å²) in [5.74, 6) is 1.01. The number of fused-ring (bicyclic) bond motifs is 2. The molecule has 1 N–H and O–H groups in total. The maximum Gasteiger partial charge on any atom is 0.207 e. The van der Waals surface area contributed by atoms with Gasteiger partial charge in [-0.15, -0.1) is 0 Å². The molecule has 1 unspecified atom stereocenters. The van der Waals surface area contributed by atoms with Crippen LogP contribution in [0.15, 0.2) is 40.2 Å². The van der Waals surface area contributed by atoms with Crippen LogP contribution in [0, 0.1) is 0 Å². The van der Waals surface area contributed by atoms with Crippen LogP contribution in [0.5, 0.6) is 0 Å². The van der Waals surface area contributed by atoms with Gasteiger partial charge < -0.3 is 15.1 Å².